The first kappa shape index (κ1) is 33.2. The van der Waals surface area contributed by atoms with Crippen LogP contribution >= 0.6 is 0 Å². The molecule has 3 nitrogen and oxygen atoms in total. The summed E-state index contributed by atoms with van der Waals surface area (Å²) in [4.78, 5) is 5.30. The smallest absolute Gasteiger partial charge is 0.192 e. The number of aliphatic hydroxyl groups excluding tert-OH is 1. The lowest BCUT2D eigenvalue weighted by Gasteiger charge is -2.45. The second kappa shape index (κ2) is 11.4. The lowest BCUT2D eigenvalue weighted by molar-refractivity contribution is 0.105. The van der Waals surface area contributed by atoms with Gasteiger partial charge in [-0.25, -0.2) is 8.78 Å². The summed E-state index contributed by atoms with van der Waals surface area (Å²) < 4.78 is 38.2. The number of aliphatic hydroxyl groups is 1. The Labute approximate surface area is 255 Å². The molecule has 0 saturated carbocycles. The van der Waals surface area contributed by atoms with E-state index in [-0.39, 0.29) is 33.2 Å². The summed E-state index contributed by atoms with van der Waals surface area (Å²) in [6.45, 7) is 25.9. The Morgan fingerprint density at radius 1 is 1.05 bits per heavy atom. The van der Waals surface area contributed by atoms with Gasteiger partial charge >= 0.3 is 0 Å². The normalized spacial score (nSPS) is 20.1. The molecule has 0 radical (unpaired) electrons. The van der Waals surface area contributed by atoms with Gasteiger partial charge in [-0.2, -0.15) is 0 Å². The predicted octanol–water partition coefficient (Wildman–Crippen LogP) is 9.71. The van der Waals surface area contributed by atoms with Gasteiger partial charge in [0.05, 0.1) is 14.2 Å². The Morgan fingerprint density at radius 2 is 1.64 bits per heavy atom. The highest BCUT2D eigenvalue weighted by Crippen LogP contribution is 2.52. The van der Waals surface area contributed by atoms with E-state index < -0.39 is 34.1 Å². The molecule has 2 aliphatic rings. The van der Waals surface area contributed by atoms with Gasteiger partial charge in [0.15, 0.2) is 8.32 Å². The lowest BCUT2D eigenvalue weighted by atomic mass is 9.71. The number of nitrogens with zero attached hydrogens (tertiary/aromatic N) is 1. The molecule has 232 valence electrons. The van der Waals surface area contributed by atoms with Crippen molar-refractivity contribution in [2.75, 3.05) is 0 Å². The van der Waals surface area contributed by atoms with Crippen molar-refractivity contribution in [1.29, 1.82) is 0 Å². The largest absolute Gasteiger partial charge is 0.410 e. The molecule has 1 aromatic carbocycles. The minimum absolute atomic E-state index is 0.00166. The average Bonchev–Trinajstić information content (AvgIpc) is 3.34. The summed E-state index contributed by atoms with van der Waals surface area (Å²) >= 11 is 0. The van der Waals surface area contributed by atoms with E-state index in [1.807, 2.05) is 19.6 Å². The third-order valence-corrected chi connectivity index (χ3v) is 16.1. The monoisotopic (exact) mass is 613 g/mol. The quantitative estimate of drug-likeness (QED) is 0.316. The molecule has 42 heavy (non-hydrogen) atoms. The van der Waals surface area contributed by atoms with Crippen LogP contribution in [0.2, 0.25) is 37.8 Å². The summed E-state index contributed by atoms with van der Waals surface area (Å²) in [6.07, 6.45) is 5.53. The summed E-state index contributed by atoms with van der Waals surface area (Å²) in [7, 11) is -4.44. The molecule has 2 aromatic rings. The second-order valence-corrected chi connectivity index (χ2v) is 26.1. The van der Waals surface area contributed by atoms with Gasteiger partial charge < -0.3 is 9.53 Å². The average molecular weight is 614 g/mol. The molecule has 1 heterocycles. The van der Waals surface area contributed by atoms with Gasteiger partial charge in [-0.15, -0.1) is 0 Å². The van der Waals surface area contributed by atoms with Crippen LogP contribution in [-0.2, 0) is 10.8 Å². The van der Waals surface area contributed by atoms with Gasteiger partial charge in [0, 0.05) is 27.7 Å². The van der Waals surface area contributed by atoms with Crippen molar-refractivity contribution in [1.82, 2.24) is 4.98 Å². The first-order valence-electron chi connectivity index (χ1n) is 15.8. The molecular weight excluding hydrogens is 561 g/mol. The standard InChI is InChI=1S/C35H53F2NO2Si2/c1-21(2)31-30(32(39)23-17-24(36)33(25(37)18-23)41(8,9)10)28(22-15-13-14-16-22)29-26(38-31)19-35(6,7)20-27(29)40-42(11,12)34(3,4)5/h15,17-18,21,27,32,39H,13-14,16,19-20H2,1-12H3/t27-,32?/m0/s1. The molecule has 0 saturated heterocycles. The van der Waals surface area contributed by atoms with Gasteiger partial charge in [0.1, 0.15) is 17.7 Å². The molecule has 0 bridgehead atoms. The Bertz CT molecular complexity index is 1360. The van der Waals surface area contributed by atoms with Crippen LogP contribution in [0.1, 0.15) is 126 Å². The van der Waals surface area contributed by atoms with E-state index in [0.29, 0.717) is 5.56 Å². The van der Waals surface area contributed by atoms with E-state index in [4.69, 9.17) is 9.41 Å². The molecule has 1 aromatic heterocycles. The minimum atomic E-state index is -2.27. The molecule has 0 fully saturated rings. The molecule has 2 atom stereocenters. The maximum absolute atomic E-state index is 15.5. The van der Waals surface area contributed by atoms with Crippen molar-refractivity contribution in [3.8, 4) is 0 Å². The second-order valence-electron chi connectivity index (χ2n) is 16.3. The number of aromatic nitrogens is 1. The van der Waals surface area contributed by atoms with Crippen LogP contribution in [0.3, 0.4) is 0 Å². The summed E-state index contributed by atoms with van der Waals surface area (Å²) in [5.74, 6) is -1.12. The summed E-state index contributed by atoms with van der Waals surface area (Å²) in [6, 6.07) is 2.70. The molecule has 2 aliphatic carbocycles. The van der Waals surface area contributed by atoms with Crippen LogP contribution in [0.25, 0.3) is 5.57 Å². The van der Waals surface area contributed by atoms with E-state index in [1.54, 1.807) is 0 Å². The highest BCUT2D eigenvalue weighted by atomic mass is 28.4. The van der Waals surface area contributed by atoms with E-state index in [0.717, 1.165) is 54.6 Å². The van der Waals surface area contributed by atoms with E-state index in [9.17, 15) is 5.11 Å². The van der Waals surface area contributed by atoms with Crippen molar-refractivity contribution in [3.63, 3.8) is 0 Å². The Kier molecular flexibility index (Phi) is 8.98. The SMILES string of the molecule is CC(C)c1nc2c(c(C3=CCCC3)c1C(O)c1cc(F)c([Si](C)(C)C)c(F)c1)[C@@H](O[Si](C)(C)C(C)(C)C)CC(C)(C)C2. The minimum Gasteiger partial charge on any atom is -0.410 e. The van der Waals surface area contributed by atoms with Crippen LogP contribution in [0, 0.1) is 17.0 Å². The summed E-state index contributed by atoms with van der Waals surface area (Å²) in [5, 5.41) is 12.3. The predicted molar refractivity (Wildman–Crippen MR) is 177 cm³/mol. The fourth-order valence-electron chi connectivity index (χ4n) is 6.52. The molecule has 0 amide bonds. The Morgan fingerprint density at radius 3 is 2.12 bits per heavy atom. The number of hydrogen-bond donors (Lipinski definition) is 1. The fraction of sp³-hybridized carbons (Fsp3) is 0.629. The van der Waals surface area contributed by atoms with Crippen LogP contribution in [0.15, 0.2) is 18.2 Å². The van der Waals surface area contributed by atoms with Gasteiger partial charge in [0.25, 0.3) is 0 Å². The molecule has 0 spiro atoms. The maximum atomic E-state index is 15.5. The lowest BCUT2D eigenvalue weighted by Crippen LogP contribution is -2.44. The van der Waals surface area contributed by atoms with Crippen molar-refractivity contribution >= 4 is 27.2 Å². The van der Waals surface area contributed by atoms with Crippen LogP contribution < -0.4 is 5.19 Å². The highest BCUT2D eigenvalue weighted by Gasteiger charge is 2.45. The molecule has 4 rings (SSSR count). The van der Waals surface area contributed by atoms with E-state index >= 15 is 8.78 Å². The van der Waals surface area contributed by atoms with Gasteiger partial charge in [-0.05, 0) is 90.4 Å². The number of benzene rings is 1. The number of halogens is 2. The topological polar surface area (TPSA) is 42.4 Å². The fourth-order valence-corrected chi connectivity index (χ4v) is 9.37. The maximum Gasteiger partial charge on any atom is 0.192 e. The highest BCUT2D eigenvalue weighted by molar-refractivity contribution is 6.88. The first-order valence-corrected chi connectivity index (χ1v) is 22.2. The van der Waals surface area contributed by atoms with Crippen LogP contribution in [-0.4, -0.2) is 26.5 Å². The number of rotatable bonds is 7. The van der Waals surface area contributed by atoms with Crippen molar-refractivity contribution in [2.45, 2.75) is 136 Å². The van der Waals surface area contributed by atoms with Gasteiger partial charge in [-0.3, -0.25) is 4.98 Å². The molecular formula is C35H53F2NO2Si2. The zero-order valence-electron chi connectivity index (χ0n) is 28.1. The zero-order chi connectivity index (χ0) is 31.6. The number of hydrogen-bond acceptors (Lipinski definition) is 3. The van der Waals surface area contributed by atoms with Crippen LogP contribution in [0.5, 0.6) is 0 Å². The van der Waals surface area contributed by atoms with Crippen LogP contribution in [0.4, 0.5) is 8.78 Å². The number of fused-ring (bicyclic) bond motifs is 1. The van der Waals surface area contributed by atoms with Gasteiger partial charge in [-0.1, -0.05) is 74.2 Å². The number of allylic oxidation sites excluding steroid dienone is 2. The Balaban J connectivity index is 2.03. The van der Waals surface area contributed by atoms with E-state index in [1.165, 1.54) is 17.7 Å². The first-order chi connectivity index (χ1) is 19.1. The van der Waals surface area contributed by atoms with Crippen molar-refractivity contribution < 1.29 is 18.3 Å². The van der Waals surface area contributed by atoms with Crippen molar-refractivity contribution in [2.24, 2.45) is 5.41 Å². The summed E-state index contributed by atoms with van der Waals surface area (Å²) in [5.41, 5.74) is 6.10. The Hall–Kier alpha value is -1.68. The number of pyridine rings is 1. The van der Waals surface area contributed by atoms with E-state index in [2.05, 4.69) is 67.6 Å². The third kappa shape index (κ3) is 6.40. The molecule has 1 N–H and O–H groups in total. The zero-order valence-corrected chi connectivity index (χ0v) is 30.1. The molecule has 1 unspecified atom stereocenters. The molecule has 0 aliphatic heterocycles. The van der Waals surface area contributed by atoms with Gasteiger partial charge in [0.2, 0.25) is 0 Å². The molecule has 7 heteroatoms. The van der Waals surface area contributed by atoms with Crippen molar-refractivity contribution in [3.05, 3.63) is 63.5 Å². The third-order valence-electron chi connectivity index (χ3n) is 9.64.